The zero-order chi connectivity index (χ0) is 10.6. The van der Waals surface area contributed by atoms with Crippen LogP contribution in [0.15, 0.2) is 18.2 Å². The second-order valence-electron chi connectivity index (χ2n) is 2.62. The first-order chi connectivity index (χ1) is 6.74. The lowest BCUT2D eigenvalue weighted by Crippen LogP contribution is -2.07. The molecule has 0 fully saturated rings. The van der Waals surface area contributed by atoms with E-state index in [1.165, 1.54) is 14.2 Å². The molecule has 0 heterocycles. The molecule has 0 amide bonds. The number of esters is 1. The third-order valence-corrected chi connectivity index (χ3v) is 1.90. The summed E-state index contributed by atoms with van der Waals surface area (Å²) in [6.45, 7) is 0. The number of carbonyl (C=O) groups is 1. The van der Waals surface area contributed by atoms with E-state index in [1.54, 1.807) is 25.2 Å². The van der Waals surface area contributed by atoms with Gasteiger partial charge in [-0.1, -0.05) is 6.07 Å². The van der Waals surface area contributed by atoms with E-state index in [0.29, 0.717) is 17.0 Å². The number of rotatable bonds is 3. The quantitative estimate of drug-likeness (QED) is 0.743. The molecule has 4 heteroatoms. The molecular formula is C10H13NO3. The SMILES string of the molecule is CNc1cccc(OC)c1C(=O)OC. The first-order valence-electron chi connectivity index (χ1n) is 4.17. The van der Waals surface area contributed by atoms with Crippen molar-refractivity contribution in [1.29, 1.82) is 0 Å². The van der Waals surface area contributed by atoms with Crippen molar-refractivity contribution in [3.8, 4) is 5.75 Å². The average Bonchev–Trinajstić information content (AvgIpc) is 2.26. The summed E-state index contributed by atoms with van der Waals surface area (Å²) in [5.74, 6) is 0.0931. The van der Waals surface area contributed by atoms with Crippen LogP contribution in [0, 0.1) is 0 Å². The maximum atomic E-state index is 11.4. The predicted molar refractivity (Wildman–Crippen MR) is 53.9 cm³/mol. The smallest absolute Gasteiger partial charge is 0.343 e. The van der Waals surface area contributed by atoms with Gasteiger partial charge in [0, 0.05) is 7.05 Å². The van der Waals surface area contributed by atoms with Gasteiger partial charge in [0.2, 0.25) is 0 Å². The number of ether oxygens (including phenoxy) is 2. The van der Waals surface area contributed by atoms with Gasteiger partial charge >= 0.3 is 5.97 Å². The largest absolute Gasteiger partial charge is 0.496 e. The van der Waals surface area contributed by atoms with Crippen LogP contribution in [0.4, 0.5) is 5.69 Å². The van der Waals surface area contributed by atoms with E-state index in [0.717, 1.165) is 0 Å². The lowest BCUT2D eigenvalue weighted by atomic mass is 10.1. The van der Waals surface area contributed by atoms with Crippen LogP contribution >= 0.6 is 0 Å². The molecule has 1 aromatic carbocycles. The van der Waals surface area contributed by atoms with Crippen molar-refractivity contribution < 1.29 is 14.3 Å². The molecule has 0 atom stereocenters. The predicted octanol–water partition coefficient (Wildman–Crippen LogP) is 1.52. The number of nitrogens with one attached hydrogen (secondary N) is 1. The Bertz CT molecular complexity index is 314. The van der Waals surface area contributed by atoms with E-state index in [9.17, 15) is 4.79 Å². The monoisotopic (exact) mass is 195 g/mol. The molecule has 0 saturated carbocycles. The fraction of sp³-hybridized carbons (Fsp3) is 0.300. The third-order valence-electron chi connectivity index (χ3n) is 1.90. The Morgan fingerprint density at radius 1 is 1.36 bits per heavy atom. The molecule has 1 N–H and O–H groups in total. The fourth-order valence-corrected chi connectivity index (χ4v) is 1.22. The summed E-state index contributed by atoms with van der Waals surface area (Å²) in [5.41, 5.74) is 1.11. The highest BCUT2D eigenvalue weighted by atomic mass is 16.5. The fourth-order valence-electron chi connectivity index (χ4n) is 1.22. The van der Waals surface area contributed by atoms with Gasteiger partial charge in [-0.05, 0) is 12.1 Å². The molecular weight excluding hydrogens is 182 g/mol. The molecule has 76 valence electrons. The van der Waals surface area contributed by atoms with E-state index < -0.39 is 5.97 Å². The standard InChI is InChI=1S/C10H13NO3/c1-11-7-5-4-6-8(13-2)9(7)10(12)14-3/h4-6,11H,1-3H3. The van der Waals surface area contributed by atoms with E-state index in [4.69, 9.17) is 4.74 Å². The number of hydrogen-bond donors (Lipinski definition) is 1. The molecule has 0 radical (unpaired) electrons. The molecule has 1 rings (SSSR count). The van der Waals surface area contributed by atoms with E-state index in [2.05, 4.69) is 10.1 Å². The number of methoxy groups -OCH3 is 2. The van der Waals surface area contributed by atoms with Gasteiger partial charge in [-0.2, -0.15) is 0 Å². The minimum absolute atomic E-state index is 0.410. The summed E-state index contributed by atoms with van der Waals surface area (Å²) in [6, 6.07) is 5.30. The molecule has 0 aromatic heterocycles. The second-order valence-corrected chi connectivity index (χ2v) is 2.62. The van der Waals surface area contributed by atoms with Gasteiger partial charge in [-0.25, -0.2) is 4.79 Å². The van der Waals surface area contributed by atoms with Crippen molar-refractivity contribution in [2.75, 3.05) is 26.6 Å². The maximum Gasteiger partial charge on any atom is 0.343 e. The Morgan fingerprint density at radius 3 is 2.57 bits per heavy atom. The Balaban J connectivity index is 3.25. The van der Waals surface area contributed by atoms with Gasteiger partial charge in [0.25, 0.3) is 0 Å². The van der Waals surface area contributed by atoms with Gasteiger partial charge < -0.3 is 14.8 Å². The molecule has 0 bridgehead atoms. The van der Waals surface area contributed by atoms with Crippen molar-refractivity contribution >= 4 is 11.7 Å². The number of benzene rings is 1. The van der Waals surface area contributed by atoms with Gasteiger partial charge in [0.15, 0.2) is 0 Å². The summed E-state index contributed by atoms with van der Waals surface area (Å²) in [7, 11) is 4.59. The molecule has 0 aliphatic heterocycles. The van der Waals surface area contributed by atoms with Crippen LogP contribution in [0.25, 0.3) is 0 Å². The lowest BCUT2D eigenvalue weighted by molar-refractivity contribution is 0.0598. The van der Waals surface area contributed by atoms with E-state index in [1.807, 2.05) is 0 Å². The number of carbonyl (C=O) groups excluding carboxylic acids is 1. The van der Waals surface area contributed by atoms with Gasteiger partial charge in [-0.3, -0.25) is 0 Å². The average molecular weight is 195 g/mol. The minimum Gasteiger partial charge on any atom is -0.496 e. The van der Waals surface area contributed by atoms with Crippen molar-refractivity contribution in [3.63, 3.8) is 0 Å². The highest BCUT2D eigenvalue weighted by molar-refractivity contribution is 5.98. The van der Waals surface area contributed by atoms with Crippen LogP contribution < -0.4 is 10.1 Å². The molecule has 0 aliphatic carbocycles. The second kappa shape index (κ2) is 4.50. The third kappa shape index (κ3) is 1.79. The summed E-state index contributed by atoms with van der Waals surface area (Å²) in [5, 5.41) is 2.90. The molecule has 1 aromatic rings. The van der Waals surface area contributed by atoms with E-state index >= 15 is 0 Å². The highest BCUT2D eigenvalue weighted by Gasteiger charge is 2.16. The van der Waals surface area contributed by atoms with Crippen LogP contribution in [0.5, 0.6) is 5.75 Å². The summed E-state index contributed by atoms with van der Waals surface area (Å²) in [6.07, 6.45) is 0. The topological polar surface area (TPSA) is 47.6 Å². The first kappa shape index (κ1) is 10.4. The highest BCUT2D eigenvalue weighted by Crippen LogP contribution is 2.26. The number of hydrogen-bond acceptors (Lipinski definition) is 4. The van der Waals surface area contributed by atoms with Crippen LogP contribution in [0.2, 0.25) is 0 Å². The van der Waals surface area contributed by atoms with Crippen molar-refractivity contribution in [2.24, 2.45) is 0 Å². The molecule has 0 unspecified atom stereocenters. The number of anilines is 1. The minimum atomic E-state index is -0.410. The zero-order valence-electron chi connectivity index (χ0n) is 8.46. The molecule has 0 spiro atoms. The molecule has 0 aliphatic rings. The Labute approximate surface area is 82.8 Å². The van der Waals surface area contributed by atoms with E-state index in [-0.39, 0.29) is 0 Å². The Hall–Kier alpha value is -1.71. The first-order valence-corrected chi connectivity index (χ1v) is 4.17. The van der Waals surface area contributed by atoms with Gasteiger partial charge in [0.1, 0.15) is 11.3 Å². The normalized spacial score (nSPS) is 9.36. The summed E-state index contributed by atoms with van der Waals surface area (Å²) in [4.78, 5) is 11.4. The van der Waals surface area contributed by atoms with Crippen LogP contribution in [-0.4, -0.2) is 27.2 Å². The van der Waals surface area contributed by atoms with Gasteiger partial charge in [0.05, 0.1) is 19.9 Å². The Morgan fingerprint density at radius 2 is 2.07 bits per heavy atom. The molecule has 0 saturated heterocycles. The van der Waals surface area contributed by atoms with Gasteiger partial charge in [-0.15, -0.1) is 0 Å². The summed E-state index contributed by atoms with van der Waals surface area (Å²) >= 11 is 0. The molecule has 4 nitrogen and oxygen atoms in total. The van der Waals surface area contributed by atoms with Crippen LogP contribution in [0.3, 0.4) is 0 Å². The van der Waals surface area contributed by atoms with Crippen molar-refractivity contribution in [3.05, 3.63) is 23.8 Å². The van der Waals surface area contributed by atoms with Crippen molar-refractivity contribution in [1.82, 2.24) is 0 Å². The lowest BCUT2D eigenvalue weighted by Gasteiger charge is -2.11. The Kier molecular flexibility index (Phi) is 3.34. The van der Waals surface area contributed by atoms with Crippen LogP contribution in [0.1, 0.15) is 10.4 Å². The van der Waals surface area contributed by atoms with Crippen molar-refractivity contribution in [2.45, 2.75) is 0 Å². The summed E-state index contributed by atoms with van der Waals surface area (Å²) < 4.78 is 9.73. The zero-order valence-corrected chi connectivity index (χ0v) is 8.46. The van der Waals surface area contributed by atoms with Crippen LogP contribution in [-0.2, 0) is 4.74 Å². The molecule has 14 heavy (non-hydrogen) atoms. The maximum absolute atomic E-state index is 11.4.